The van der Waals surface area contributed by atoms with Crippen LogP contribution in [0.3, 0.4) is 0 Å². The first-order valence-corrected chi connectivity index (χ1v) is 9.62. The Kier molecular flexibility index (Phi) is 5.98. The summed E-state index contributed by atoms with van der Waals surface area (Å²) >= 11 is 3.39. The van der Waals surface area contributed by atoms with Crippen LogP contribution in [0, 0.1) is 0 Å². The van der Waals surface area contributed by atoms with Crippen molar-refractivity contribution >= 4 is 21.8 Å². The summed E-state index contributed by atoms with van der Waals surface area (Å²) in [6.45, 7) is 4.55. The zero-order chi connectivity index (χ0) is 18.6. The average molecular weight is 422 g/mol. The van der Waals surface area contributed by atoms with Gasteiger partial charge in [0.05, 0.1) is 11.1 Å². The lowest BCUT2D eigenvalue weighted by Crippen LogP contribution is -2.44. The molecule has 2 heterocycles. The van der Waals surface area contributed by atoms with Gasteiger partial charge >= 0.3 is 0 Å². The maximum atomic E-state index is 12.6. The molecule has 0 spiro atoms. The van der Waals surface area contributed by atoms with Gasteiger partial charge in [0.15, 0.2) is 5.69 Å². The zero-order valence-electron chi connectivity index (χ0n) is 15.1. The van der Waals surface area contributed by atoms with E-state index in [2.05, 4.69) is 38.5 Å². The van der Waals surface area contributed by atoms with E-state index in [0.29, 0.717) is 36.5 Å². The highest BCUT2D eigenvalue weighted by molar-refractivity contribution is 9.10. The fourth-order valence-electron chi connectivity index (χ4n) is 3.35. The molecule has 1 aliphatic heterocycles. The van der Waals surface area contributed by atoms with Gasteiger partial charge in [0.1, 0.15) is 5.75 Å². The zero-order valence-corrected chi connectivity index (χ0v) is 16.7. The number of hydrogen-bond donors (Lipinski definition) is 1. The summed E-state index contributed by atoms with van der Waals surface area (Å²) in [6.07, 6.45) is 3.50. The van der Waals surface area contributed by atoms with Gasteiger partial charge in [0.2, 0.25) is 0 Å². The molecule has 0 unspecified atom stereocenters. The number of carbonyl (C=O) groups is 1. The van der Waals surface area contributed by atoms with Crippen molar-refractivity contribution in [2.24, 2.45) is 7.05 Å². The van der Waals surface area contributed by atoms with Gasteiger partial charge in [-0.1, -0.05) is 12.1 Å². The van der Waals surface area contributed by atoms with Crippen molar-refractivity contribution in [1.29, 1.82) is 0 Å². The summed E-state index contributed by atoms with van der Waals surface area (Å²) in [5.41, 5.74) is 1.46. The standard InChI is InChI=1S/C19H24BrN3O3/c1-3-26-15-6-4-14(5-7-15)19(8-10-25-11-9-19)13-21-18(24)17-16(20)12-23(2)22-17/h4-7,12H,3,8-11,13H2,1-2H3,(H,21,24). The Labute approximate surface area is 162 Å². The van der Waals surface area contributed by atoms with E-state index in [1.54, 1.807) is 17.9 Å². The molecule has 1 aromatic carbocycles. The highest BCUT2D eigenvalue weighted by atomic mass is 79.9. The third-order valence-corrected chi connectivity index (χ3v) is 5.39. The van der Waals surface area contributed by atoms with Gasteiger partial charge in [-0.05, 0) is 53.4 Å². The number of carbonyl (C=O) groups excluding carboxylic acids is 1. The fourth-order valence-corrected chi connectivity index (χ4v) is 3.90. The summed E-state index contributed by atoms with van der Waals surface area (Å²) in [7, 11) is 1.79. The van der Waals surface area contributed by atoms with Gasteiger partial charge < -0.3 is 14.8 Å². The van der Waals surface area contributed by atoms with Gasteiger partial charge in [-0.25, -0.2) is 0 Å². The van der Waals surface area contributed by atoms with Crippen LogP contribution in [0.25, 0.3) is 0 Å². The van der Waals surface area contributed by atoms with Gasteiger partial charge in [-0.2, -0.15) is 5.10 Å². The molecule has 1 fully saturated rings. The monoisotopic (exact) mass is 421 g/mol. The molecular weight excluding hydrogens is 398 g/mol. The summed E-state index contributed by atoms with van der Waals surface area (Å²) in [4.78, 5) is 12.6. The summed E-state index contributed by atoms with van der Waals surface area (Å²) in [6, 6.07) is 8.18. The minimum atomic E-state index is -0.172. The van der Waals surface area contributed by atoms with Gasteiger partial charge in [0, 0.05) is 38.4 Å². The van der Waals surface area contributed by atoms with Crippen LogP contribution in [0.4, 0.5) is 0 Å². The van der Waals surface area contributed by atoms with Crippen LogP contribution in [0.5, 0.6) is 5.75 Å². The minimum Gasteiger partial charge on any atom is -0.494 e. The Balaban J connectivity index is 1.77. The Bertz CT molecular complexity index is 752. The molecular formula is C19H24BrN3O3. The smallest absolute Gasteiger partial charge is 0.272 e. The molecule has 0 radical (unpaired) electrons. The predicted molar refractivity (Wildman–Crippen MR) is 103 cm³/mol. The first-order valence-electron chi connectivity index (χ1n) is 8.82. The molecule has 1 aromatic heterocycles. The third-order valence-electron chi connectivity index (χ3n) is 4.81. The van der Waals surface area contributed by atoms with Gasteiger partial charge in [-0.15, -0.1) is 0 Å². The van der Waals surface area contributed by atoms with Crippen LogP contribution in [-0.4, -0.2) is 42.1 Å². The Hall–Kier alpha value is -1.86. The molecule has 6 nitrogen and oxygen atoms in total. The van der Waals surface area contributed by atoms with E-state index in [1.807, 2.05) is 19.1 Å². The minimum absolute atomic E-state index is 0.139. The lowest BCUT2D eigenvalue weighted by molar-refractivity contribution is 0.0486. The molecule has 0 saturated carbocycles. The van der Waals surface area contributed by atoms with Crippen molar-refractivity contribution in [1.82, 2.24) is 15.1 Å². The van der Waals surface area contributed by atoms with E-state index in [9.17, 15) is 4.79 Å². The fraction of sp³-hybridized carbons (Fsp3) is 0.474. The number of nitrogens with zero attached hydrogens (tertiary/aromatic N) is 2. The molecule has 1 N–H and O–H groups in total. The molecule has 26 heavy (non-hydrogen) atoms. The number of ether oxygens (including phenoxy) is 2. The number of hydrogen-bond acceptors (Lipinski definition) is 4. The molecule has 1 aliphatic rings. The average Bonchev–Trinajstić information content (AvgIpc) is 3.00. The second-order valence-electron chi connectivity index (χ2n) is 6.53. The number of amides is 1. The van der Waals surface area contributed by atoms with Crippen LogP contribution in [0.1, 0.15) is 35.8 Å². The largest absolute Gasteiger partial charge is 0.494 e. The van der Waals surface area contributed by atoms with Crippen molar-refractivity contribution in [3.05, 3.63) is 46.2 Å². The second-order valence-corrected chi connectivity index (χ2v) is 7.39. The van der Waals surface area contributed by atoms with Gasteiger partial charge in [0.25, 0.3) is 5.91 Å². The first-order chi connectivity index (χ1) is 12.5. The van der Waals surface area contributed by atoms with Crippen molar-refractivity contribution in [3.8, 4) is 5.75 Å². The van der Waals surface area contributed by atoms with E-state index in [-0.39, 0.29) is 11.3 Å². The summed E-state index contributed by atoms with van der Waals surface area (Å²) < 4.78 is 13.4. The Morgan fingerprint density at radius 3 is 2.62 bits per heavy atom. The van der Waals surface area contributed by atoms with E-state index in [4.69, 9.17) is 9.47 Å². The molecule has 7 heteroatoms. The van der Waals surface area contributed by atoms with Crippen molar-refractivity contribution < 1.29 is 14.3 Å². The highest BCUT2D eigenvalue weighted by Crippen LogP contribution is 2.35. The number of benzene rings is 1. The number of nitrogens with one attached hydrogen (secondary N) is 1. The maximum Gasteiger partial charge on any atom is 0.272 e. The van der Waals surface area contributed by atoms with Crippen molar-refractivity contribution in [3.63, 3.8) is 0 Å². The number of rotatable bonds is 6. The van der Waals surface area contributed by atoms with Crippen LogP contribution in [0.15, 0.2) is 34.9 Å². The Morgan fingerprint density at radius 2 is 2.04 bits per heavy atom. The van der Waals surface area contributed by atoms with Gasteiger partial charge in [-0.3, -0.25) is 9.48 Å². The lowest BCUT2D eigenvalue weighted by atomic mass is 9.74. The normalized spacial score (nSPS) is 16.3. The topological polar surface area (TPSA) is 65.4 Å². The molecule has 0 bridgehead atoms. The quantitative estimate of drug-likeness (QED) is 0.777. The summed E-state index contributed by atoms with van der Waals surface area (Å²) in [5, 5.41) is 7.29. The van der Waals surface area contributed by atoms with Crippen LogP contribution in [0.2, 0.25) is 0 Å². The molecule has 3 rings (SSSR count). The van der Waals surface area contributed by atoms with E-state index < -0.39 is 0 Å². The number of aryl methyl sites for hydroxylation is 1. The maximum absolute atomic E-state index is 12.6. The third kappa shape index (κ3) is 4.10. The number of halogens is 1. The van der Waals surface area contributed by atoms with Crippen molar-refractivity contribution in [2.45, 2.75) is 25.2 Å². The number of aromatic nitrogens is 2. The SMILES string of the molecule is CCOc1ccc(C2(CNC(=O)c3nn(C)cc3Br)CCOCC2)cc1. The van der Waals surface area contributed by atoms with Crippen LogP contribution in [-0.2, 0) is 17.2 Å². The highest BCUT2D eigenvalue weighted by Gasteiger charge is 2.35. The van der Waals surface area contributed by atoms with E-state index in [1.165, 1.54) is 5.56 Å². The molecule has 2 aromatic rings. The van der Waals surface area contributed by atoms with E-state index >= 15 is 0 Å². The second kappa shape index (κ2) is 8.22. The van der Waals surface area contributed by atoms with Crippen LogP contribution < -0.4 is 10.1 Å². The molecule has 1 amide bonds. The van der Waals surface area contributed by atoms with E-state index in [0.717, 1.165) is 18.6 Å². The summed E-state index contributed by atoms with van der Waals surface area (Å²) in [5.74, 6) is 0.689. The molecule has 0 atom stereocenters. The first kappa shape index (κ1) is 18.9. The molecule has 1 saturated heterocycles. The molecule has 140 valence electrons. The lowest BCUT2D eigenvalue weighted by Gasteiger charge is -2.38. The predicted octanol–water partition coefficient (Wildman–Crippen LogP) is 3.06. The van der Waals surface area contributed by atoms with Crippen LogP contribution >= 0.6 is 15.9 Å². The van der Waals surface area contributed by atoms with Crippen molar-refractivity contribution in [2.75, 3.05) is 26.4 Å². The molecule has 0 aliphatic carbocycles. The Morgan fingerprint density at radius 1 is 1.35 bits per heavy atom.